The summed E-state index contributed by atoms with van der Waals surface area (Å²) in [5.41, 5.74) is 1.03. The predicted octanol–water partition coefficient (Wildman–Crippen LogP) is 1.09. The molecular weight excluding hydrogens is 338 g/mol. The van der Waals surface area contributed by atoms with E-state index in [-0.39, 0.29) is 5.91 Å². The number of rotatable bonds is 9. The van der Waals surface area contributed by atoms with E-state index in [1.54, 1.807) is 12.4 Å². The van der Waals surface area contributed by atoms with E-state index in [1.165, 1.54) is 11.8 Å². The van der Waals surface area contributed by atoms with Crippen molar-refractivity contribution in [2.24, 2.45) is 0 Å². The Morgan fingerprint density at radius 2 is 2.20 bits per heavy atom. The molecule has 9 heteroatoms. The highest BCUT2D eigenvalue weighted by molar-refractivity contribution is 7.99. The highest BCUT2D eigenvalue weighted by Gasteiger charge is 2.28. The first-order chi connectivity index (χ1) is 12.1. The minimum atomic E-state index is 0.0843. The number of aromatic nitrogens is 5. The zero-order valence-corrected chi connectivity index (χ0v) is 15.4. The van der Waals surface area contributed by atoms with Gasteiger partial charge in [0, 0.05) is 32.0 Å². The van der Waals surface area contributed by atoms with E-state index in [2.05, 4.69) is 25.4 Å². The van der Waals surface area contributed by atoms with Gasteiger partial charge in [-0.05, 0) is 49.0 Å². The predicted molar refractivity (Wildman–Crippen MR) is 95.0 cm³/mol. The minimum absolute atomic E-state index is 0.0843. The summed E-state index contributed by atoms with van der Waals surface area (Å²) in [7, 11) is 4.01. The van der Waals surface area contributed by atoms with E-state index >= 15 is 0 Å². The quantitative estimate of drug-likeness (QED) is 0.618. The fraction of sp³-hybridized carbons (Fsp3) is 0.562. The number of nitrogens with zero attached hydrogens (tertiary/aromatic N) is 7. The lowest BCUT2D eigenvalue weighted by Gasteiger charge is -2.24. The fourth-order valence-corrected chi connectivity index (χ4v) is 3.22. The Labute approximate surface area is 151 Å². The number of tetrazole rings is 1. The van der Waals surface area contributed by atoms with Crippen LogP contribution in [0, 0.1) is 0 Å². The summed E-state index contributed by atoms with van der Waals surface area (Å²) in [4.78, 5) is 20.8. The van der Waals surface area contributed by atoms with Crippen LogP contribution in [0.3, 0.4) is 0 Å². The van der Waals surface area contributed by atoms with Crippen molar-refractivity contribution >= 4 is 17.7 Å². The molecule has 0 atom stereocenters. The molecule has 0 aliphatic heterocycles. The van der Waals surface area contributed by atoms with Crippen LogP contribution in [0.5, 0.6) is 0 Å². The lowest BCUT2D eigenvalue weighted by molar-refractivity contribution is -0.129. The first-order valence-corrected chi connectivity index (χ1v) is 9.34. The van der Waals surface area contributed by atoms with Crippen LogP contribution in [0.15, 0.2) is 29.7 Å². The van der Waals surface area contributed by atoms with Gasteiger partial charge in [0.2, 0.25) is 11.1 Å². The molecule has 1 aliphatic rings. The van der Waals surface area contributed by atoms with Crippen LogP contribution in [0.2, 0.25) is 0 Å². The maximum absolute atomic E-state index is 12.7. The molecule has 0 radical (unpaired) electrons. The van der Waals surface area contributed by atoms with Crippen molar-refractivity contribution in [1.29, 1.82) is 0 Å². The topological polar surface area (TPSA) is 80.0 Å². The van der Waals surface area contributed by atoms with E-state index < -0.39 is 0 Å². The molecule has 0 bridgehead atoms. The molecule has 2 aromatic rings. The summed E-state index contributed by atoms with van der Waals surface area (Å²) in [5.74, 6) is 0.418. The van der Waals surface area contributed by atoms with Gasteiger partial charge >= 0.3 is 0 Å². The molecule has 0 saturated heterocycles. The molecule has 25 heavy (non-hydrogen) atoms. The molecule has 8 nitrogen and oxygen atoms in total. The van der Waals surface area contributed by atoms with Gasteiger partial charge in [-0.15, -0.1) is 5.10 Å². The lowest BCUT2D eigenvalue weighted by atomic mass is 10.2. The van der Waals surface area contributed by atoms with E-state index in [0.29, 0.717) is 24.9 Å². The Hall–Kier alpha value is -2.00. The van der Waals surface area contributed by atoms with Gasteiger partial charge in [-0.3, -0.25) is 9.78 Å². The summed E-state index contributed by atoms with van der Waals surface area (Å²) in [6, 6.07) is 4.29. The van der Waals surface area contributed by atoms with Crippen LogP contribution in [-0.4, -0.2) is 73.8 Å². The van der Waals surface area contributed by atoms with Crippen LogP contribution in [-0.2, 0) is 11.3 Å². The average Bonchev–Trinajstić information content (AvgIpc) is 3.35. The third kappa shape index (κ3) is 5.23. The Bertz CT molecular complexity index is 687. The minimum Gasteiger partial charge on any atom is -0.336 e. The number of thioether (sulfide) groups is 1. The Morgan fingerprint density at radius 1 is 1.36 bits per heavy atom. The van der Waals surface area contributed by atoms with Gasteiger partial charge in [0.1, 0.15) is 0 Å². The van der Waals surface area contributed by atoms with Gasteiger partial charge in [-0.2, -0.15) is 0 Å². The van der Waals surface area contributed by atoms with Crippen molar-refractivity contribution in [3.05, 3.63) is 30.1 Å². The first-order valence-electron chi connectivity index (χ1n) is 8.35. The maximum atomic E-state index is 12.7. The molecule has 134 valence electrons. The van der Waals surface area contributed by atoms with Crippen LogP contribution in [0.4, 0.5) is 0 Å². The van der Waals surface area contributed by atoms with Crippen molar-refractivity contribution in [2.45, 2.75) is 30.6 Å². The molecule has 1 aliphatic carbocycles. The van der Waals surface area contributed by atoms with E-state index in [9.17, 15) is 4.79 Å². The molecule has 1 amide bonds. The average molecular weight is 361 g/mol. The molecule has 2 aromatic heterocycles. The number of pyridine rings is 1. The Morgan fingerprint density at radius 3 is 2.88 bits per heavy atom. The molecule has 1 fully saturated rings. The molecule has 0 spiro atoms. The van der Waals surface area contributed by atoms with Crippen LogP contribution >= 0.6 is 11.8 Å². The highest BCUT2D eigenvalue weighted by atomic mass is 32.2. The molecule has 2 heterocycles. The Kier molecular flexibility index (Phi) is 5.98. The fourth-order valence-electron chi connectivity index (χ4n) is 2.37. The first kappa shape index (κ1) is 17.8. The molecule has 0 N–H and O–H groups in total. The summed E-state index contributed by atoms with van der Waals surface area (Å²) in [5, 5.41) is 12.5. The molecule has 1 saturated carbocycles. The molecule has 3 rings (SSSR count). The van der Waals surface area contributed by atoms with Gasteiger partial charge in [0.15, 0.2) is 0 Å². The highest BCUT2D eigenvalue weighted by Crippen LogP contribution is 2.36. The second-order valence-corrected chi connectivity index (χ2v) is 7.35. The SMILES string of the molecule is CN(C)CCN(Cc1cccnc1)C(=O)CSc1nnnn1C1CC1. The number of carbonyl (C=O) groups excluding carboxylic acids is 1. The number of carbonyl (C=O) groups is 1. The zero-order chi connectivity index (χ0) is 17.6. The summed E-state index contributed by atoms with van der Waals surface area (Å²) in [6.07, 6.45) is 5.77. The van der Waals surface area contributed by atoms with Gasteiger partial charge in [0.25, 0.3) is 0 Å². The summed E-state index contributed by atoms with van der Waals surface area (Å²) in [6.45, 7) is 2.06. The smallest absolute Gasteiger partial charge is 0.233 e. The molecule has 0 unspecified atom stereocenters. The summed E-state index contributed by atoms with van der Waals surface area (Å²) < 4.78 is 1.84. The van der Waals surface area contributed by atoms with Gasteiger partial charge in [0.05, 0.1) is 11.8 Å². The van der Waals surface area contributed by atoms with Gasteiger partial charge in [-0.25, -0.2) is 4.68 Å². The summed E-state index contributed by atoms with van der Waals surface area (Å²) >= 11 is 1.41. The molecule has 0 aromatic carbocycles. The third-order valence-corrected chi connectivity index (χ3v) is 4.86. The number of hydrogen-bond acceptors (Lipinski definition) is 7. The van der Waals surface area contributed by atoms with Crippen LogP contribution in [0.1, 0.15) is 24.4 Å². The number of likely N-dealkylation sites (N-methyl/N-ethyl adjacent to an activating group) is 1. The number of amides is 1. The monoisotopic (exact) mass is 361 g/mol. The van der Waals surface area contributed by atoms with E-state index in [4.69, 9.17) is 0 Å². The third-order valence-electron chi connectivity index (χ3n) is 3.95. The number of hydrogen-bond donors (Lipinski definition) is 0. The molecular formula is C16H23N7OS. The van der Waals surface area contributed by atoms with Crippen molar-refractivity contribution in [3.63, 3.8) is 0 Å². The van der Waals surface area contributed by atoms with Gasteiger partial charge in [-0.1, -0.05) is 17.8 Å². The van der Waals surface area contributed by atoms with Gasteiger partial charge < -0.3 is 9.80 Å². The lowest BCUT2D eigenvalue weighted by Crippen LogP contribution is -2.37. The standard InChI is InChI=1S/C16H23N7OS/c1-21(2)8-9-22(11-13-4-3-7-17-10-13)15(24)12-25-16-18-19-20-23(16)14-5-6-14/h3-4,7,10,14H,5-6,8-9,11-12H2,1-2H3. The van der Waals surface area contributed by atoms with E-state index in [1.807, 2.05) is 35.8 Å². The van der Waals surface area contributed by atoms with Crippen molar-refractivity contribution in [3.8, 4) is 0 Å². The second-order valence-electron chi connectivity index (χ2n) is 6.41. The van der Waals surface area contributed by atoms with Crippen LogP contribution in [0.25, 0.3) is 0 Å². The van der Waals surface area contributed by atoms with Crippen molar-refractivity contribution in [2.75, 3.05) is 32.9 Å². The Balaban J connectivity index is 1.60. The van der Waals surface area contributed by atoms with Crippen molar-refractivity contribution < 1.29 is 4.79 Å². The largest absolute Gasteiger partial charge is 0.336 e. The second kappa shape index (κ2) is 8.39. The normalized spacial score (nSPS) is 14.0. The maximum Gasteiger partial charge on any atom is 0.233 e. The van der Waals surface area contributed by atoms with Crippen LogP contribution < -0.4 is 0 Å². The van der Waals surface area contributed by atoms with E-state index in [0.717, 1.165) is 30.1 Å². The zero-order valence-electron chi connectivity index (χ0n) is 14.6. The van der Waals surface area contributed by atoms with Crippen molar-refractivity contribution in [1.82, 2.24) is 35.0 Å².